The van der Waals surface area contributed by atoms with Crippen molar-refractivity contribution in [3.05, 3.63) is 35.1 Å². The van der Waals surface area contributed by atoms with Crippen LogP contribution < -0.4 is 0 Å². The Morgan fingerprint density at radius 2 is 2.25 bits per heavy atom. The molecule has 1 atom stereocenters. The topological polar surface area (TPSA) is 23.8 Å². The molecule has 0 saturated heterocycles. The van der Waals surface area contributed by atoms with E-state index < -0.39 is 5.82 Å². The van der Waals surface area contributed by atoms with Crippen LogP contribution in [0.15, 0.2) is 18.2 Å². The van der Waals surface area contributed by atoms with Gasteiger partial charge in [0.15, 0.2) is 0 Å². The highest BCUT2D eigenvalue weighted by atomic mass is 32.2. The fourth-order valence-electron chi connectivity index (χ4n) is 1.24. The van der Waals surface area contributed by atoms with Crippen LogP contribution in [0, 0.1) is 23.1 Å². The third kappa shape index (κ3) is 3.86. The minimum Gasteiger partial charge on any atom is -0.206 e. The van der Waals surface area contributed by atoms with Gasteiger partial charge in [-0.15, -0.1) is 0 Å². The zero-order valence-corrected chi connectivity index (χ0v) is 10.5. The molecule has 3 heteroatoms. The molecule has 1 unspecified atom stereocenters. The van der Waals surface area contributed by atoms with Crippen LogP contribution in [0.4, 0.5) is 4.39 Å². The van der Waals surface area contributed by atoms with Crippen LogP contribution in [0.5, 0.6) is 0 Å². The minimum atomic E-state index is -0.432. The molecular formula is C13H16FNS. The van der Waals surface area contributed by atoms with E-state index in [1.54, 1.807) is 12.1 Å². The summed E-state index contributed by atoms with van der Waals surface area (Å²) in [7, 11) is 0. The van der Waals surface area contributed by atoms with Gasteiger partial charge in [-0.3, -0.25) is 0 Å². The van der Waals surface area contributed by atoms with Crippen LogP contribution in [-0.4, -0.2) is 5.75 Å². The molecule has 1 aromatic rings. The zero-order chi connectivity index (χ0) is 12.0. The monoisotopic (exact) mass is 237 g/mol. The van der Waals surface area contributed by atoms with E-state index in [2.05, 4.69) is 13.8 Å². The number of hydrogen-bond acceptors (Lipinski definition) is 2. The molecule has 0 saturated carbocycles. The smallest absolute Gasteiger partial charge is 0.140 e. The van der Waals surface area contributed by atoms with Gasteiger partial charge in [-0.2, -0.15) is 17.0 Å². The Balaban J connectivity index is 2.52. The SMILES string of the molecule is CCC(C)CSCc1ccc(F)c(C#N)c1. The first-order valence-corrected chi connectivity index (χ1v) is 6.59. The highest BCUT2D eigenvalue weighted by Crippen LogP contribution is 2.18. The van der Waals surface area contributed by atoms with Crippen LogP contribution in [-0.2, 0) is 5.75 Å². The molecule has 0 aliphatic rings. The van der Waals surface area contributed by atoms with Gasteiger partial charge in [-0.25, -0.2) is 4.39 Å². The number of rotatable bonds is 5. The van der Waals surface area contributed by atoms with Crippen molar-refractivity contribution in [3.63, 3.8) is 0 Å². The Labute approximate surface area is 101 Å². The summed E-state index contributed by atoms with van der Waals surface area (Å²) >= 11 is 1.83. The van der Waals surface area contributed by atoms with E-state index in [1.165, 1.54) is 12.5 Å². The fraction of sp³-hybridized carbons (Fsp3) is 0.462. The van der Waals surface area contributed by atoms with E-state index in [1.807, 2.05) is 17.8 Å². The fourth-order valence-corrected chi connectivity index (χ4v) is 2.41. The number of hydrogen-bond donors (Lipinski definition) is 0. The lowest BCUT2D eigenvalue weighted by Gasteiger charge is -2.07. The summed E-state index contributed by atoms with van der Waals surface area (Å²) in [4.78, 5) is 0. The first-order valence-electron chi connectivity index (χ1n) is 5.43. The van der Waals surface area contributed by atoms with Gasteiger partial charge in [0.25, 0.3) is 0 Å². The van der Waals surface area contributed by atoms with Gasteiger partial charge < -0.3 is 0 Å². The summed E-state index contributed by atoms with van der Waals surface area (Å²) in [5.41, 5.74) is 1.16. The van der Waals surface area contributed by atoms with Crippen molar-refractivity contribution >= 4 is 11.8 Å². The molecule has 1 nitrogen and oxygen atoms in total. The van der Waals surface area contributed by atoms with E-state index in [4.69, 9.17) is 5.26 Å². The molecule has 0 spiro atoms. The van der Waals surface area contributed by atoms with Gasteiger partial charge in [0.05, 0.1) is 5.56 Å². The zero-order valence-electron chi connectivity index (χ0n) is 9.66. The second-order valence-corrected chi connectivity index (χ2v) is 4.98. The standard InChI is InChI=1S/C13H16FNS/c1-3-10(2)8-16-9-11-4-5-13(14)12(6-11)7-15/h4-6,10H,3,8-9H2,1-2H3. The quantitative estimate of drug-likeness (QED) is 0.773. The molecule has 0 aliphatic heterocycles. The number of thioether (sulfide) groups is 1. The lowest BCUT2D eigenvalue weighted by atomic mass is 10.1. The molecule has 0 heterocycles. The minimum absolute atomic E-state index is 0.140. The summed E-state index contributed by atoms with van der Waals surface area (Å²) in [6, 6.07) is 6.62. The van der Waals surface area contributed by atoms with Crippen LogP contribution in [0.1, 0.15) is 31.4 Å². The van der Waals surface area contributed by atoms with E-state index in [0.717, 1.165) is 17.1 Å². The average Bonchev–Trinajstić information content (AvgIpc) is 2.31. The lowest BCUT2D eigenvalue weighted by molar-refractivity contribution is 0.623. The second kappa shape index (κ2) is 6.55. The molecule has 0 fully saturated rings. The maximum atomic E-state index is 13.0. The van der Waals surface area contributed by atoms with Crippen molar-refractivity contribution in [2.75, 3.05) is 5.75 Å². The van der Waals surface area contributed by atoms with Crippen molar-refractivity contribution in [3.8, 4) is 6.07 Å². The first-order chi connectivity index (χ1) is 7.67. The van der Waals surface area contributed by atoms with Crippen LogP contribution in [0.3, 0.4) is 0 Å². The van der Waals surface area contributed by atoms with Gasteiger partial charge in [0, 0.05) is 5.75 Å². The summed E-state index contributed by atoms with van der Waals surface area (Å²) in [6.45, 7) is 4.40. The van der Waals surface area contributed by atoms with Gasteiger partial charge in [-0.05, 0) is 29.4 Å². The molecule has 0 radical (unpaired) electrons. The molecule has 0 aromatic heterocycles. The van der Waals surface area contributed by atoms with Crippen LogP contribution >= 0.6 is 11.8 Å². The maximum Gasteiger partial charge on any atom is 0.140 e. The van der Waals surface area contributed by atoms with Crippen molar-refractivity contribution in [1.29, 1.82) is 5.26 Å². The number of benzene rings is 1. The van der Waals surface area contributed by atoms with Gasteiger partial charge in [-0.1, -0.05) is 26.3 Å². The lowest BCUT2D eigenvalue weighted by Crippen LogP contribution is -1.96. The Kier molecular flexibility index (Phi) is 5.34. The predicted molar refractivity (Wildman–Crippen MR) is 66.7 cm³/mol. The number of halogens is 1. The summed E-state index contributed by atoms with van der Waals surface area (Å²) in [6.07, 6.45) is 1.18. The van der Waals surface area contributed by atoms with Crippen molar-refractivity contribution < 1.29 is 4.39 Å². The third-order valence-corrected chi connectivity index (χ3v) is 3.86. The predicted octanol–water partition coefficient (Wildman–Crippen LogP) is 3.98. The van der Waals surface area contributed by atoms with Crippen molar-refractivity contribution in [2.45, 2.75) is 26.0 Å². The van der Waals surface area contributed by atoms with Crippen LogP contribution in [0.2, 0.25) is 0 Å². The highest BCUT2D eigenvalue weighted by Gasteiger charge is 2.04. The second-order valence-electron chi connectivity index (χ2n) is 3.95. The number of nitrogens with zero attached hydrogens (tertiary/aromatic N) is 1. The summed E-state index contributed by atoms with van der Waals surface area (Å²) < 4.78 is 13.0. The van der Waals surface area contributed by atoms with E-state index in [0.29, 0.717) is 5.92 Å². The molecule has 0 N–H and O–H groups in total. The highest BCUT2D eigenvalue weighted by molar-refractivity contribution is 7.98. The largest absolute Gasteiger partial charge is 0.206 e. The Bertz CT molecular complexity index is 384. The van der Waals surface area contributed by atoms with Crippen LogP contribution in [0.25, 0.3) is 0 Å². The molecule has 86 valence electrons. The van der Waals surface area contributed by atoms with Gasteiger partial charge in [0.2, 0.25) is 0 Å². The van der Waals surface area contributed by atoms with E-state index in [-0.39, 0.29) is 5.56 Å². The molecular weight excluding hydrogens is 221 g/mol. The van der Waals surface area contributed by atoms with E-state index >= 15 is 0 Å². The van der Waals surface area contributed by atoms with Gasteiger partial charge >= 0.3 is 0 Å². The van der Waals surface area contributed by atoms with E-state index in [9.17, 15) is 4.39 Å². The molecule has 0 amide bonds. The molecule has 0 bridgehead atoms. The molecule has 1 rings (SSSR count). The third-order valence-electron chi connectivity index (χ3n) is 2.52. The van der Waals surface area contributed by atoms with Crippen molar-refractivity contribution in [1.82, 2.24) is 0 Å². The summed E-state index contributed by atoms with van der Waals surface area (Å²) in [5.74, 6) is 2.23. The first kappa shape index (κ1) is 13.1. The molecule has 16 heavy (non-hydrogen) atoms. The Morgan fingerprint density at radius 3 is 2.88 bits per heavy atom. The summed E-state index contributed by atoms with van der Waals surface area (Å²) in [5, 5.41) is 8.70. The van der Waals surface area contributed by atoms with Crippen molar-refractivity contribution in [2.24, 2.45) is 5.92 Å². The Morgan fingerprint density at radius 1 is 1.50 bits per heavy atom. The molecule has 1 aromatic carbocycles. The van der Waals surface area contributed by atoms with Gasteiger partial charge in [0.1, 0.15) is 11.9 Å². The average molecular weight is 237 g/mol. The molecule has 0 aliphatic carbocycles. The normalized spacial score (nSPS) is 12.1. The maximum absolute atomic E-state index is 13.0. The number of nitriles is 1. The Hall–Kier alpha value is -1.01.